The van der Waals surface area contributed by atoms with Crippen LogP contribution in [0.5, 0.6) is 5.06 Å². The topological polar surface area (TPSA) is 85.7 Å². The molecule has 7 atom stereocenters. The zero-order valence-corrected chi connectivity index (χ0v) is 21.4. The molecule has 34 heavy (non-hydrogen) atoms. The summed E-state index contributed by atoms with van der Waals surface area (Å²) in [6, 6.07) is 0. The summed E-state index contributed by atoms with van der Waals surface area (Å²) in [6.45, 7) is 4.98. The molecule has 1 aromatic rings. The standard InChI is InChI=1S/C27H37NO5S/c1-26-12-10-17(33-23(31)9-8-22(29)30)14-16(26)4-5-18-19-6-7-21(25-28-15-24(32-3)34-25)27(19,2)13-11-20(18)26/h4,15,17-21H,5-14H2,1-3H3,(H,29,30)/t17?,18-,19-,20-,21?,26-,27-/m0/s1. The van der Waals surface area contributed by atoms with Gasteiger partial charge in [0.25, 0.3) is 0 Å². The van der Waals surface area contributed by atoms with Crippen molar-refractivity contribution < 1.29 is 24.2 Å². The van der Waals surface area contributed by atoms with E-state index in [1.165, 1.54) is 36.3 Å². The number of carbonyl (C=O) groups is 2. The number of aromatic nitrogens is 1. The molecule has 1 N–H and O–H groups in total. The maximum atomic E-state index is 12.1. The number of methoxy groups -OCH3 is 1. The van der Waals surface area contributed by atoms with Crippen LogP contribution >= 0.6 is 11.3 Å². The van der Waals surface area contributed by atoms with Crippen molar-refractivity contribution in [3.8, 4) is 5.06 Å². The predicted molar refractivity (Wildman–Crippen MR) is 130 cm³/mol. The van der Waals surface area contributed by atoms with Gasteiger partial charge in [-0.05, 0) is 73.5 Å². The van der Waals surface area contributed by atoms with Crippen LogP contribution in [0.4, 0.5) is 0 Å². The molecule has 0 bridgehead atoms. The summed E-state index contributed by atoms with van der Waals surface area (Å²) in [5, 5.41) is 11.0. The first-order valence-electron chi connectivity index (χ1n) is 12.8. The monoisotopic (exact) mass is 487 g/mol. The third-order valence-corrected chi connectivity index (χ3v) is 11.0. The summed E-state index contributed by atoms with van der Waals surface area (Å²) in [5.41, 5.74) is 1.97. The summed E-state index contributed by atoms with van der Waals surface area (Å²) in [5.74, 6) is 1.34. The van der Waals surface area contributed by atoms with E-state index in [4.69, 9.17) is 19.6 Å². The number of nitrogens with zero attached hydrogens (tertiary/aromatic N) is 1. The molecular formula is C27H37NO5S. The Hall–Kier alpha value is -1.89. The summed E-state index contributed by atoms with van der Waals surface area (Å²) < 4.78 is 11.1. The lowest BCUT2D eigenvalue weighted by molar-refractivity contribution is -0.154. The minimum absolute atomic E-state index is 0.0424. The summed E-state index contributed by atoms with van der Waals surface area (Å²) >= 11 is 1.72. The van der Waals surface area contributed by atoms with Crippen molar-refractivity contribution in [1.82, 2.24) is 4.98 Å². The number of allylic oxidation sites excluding steroid dienone is 1. The van der Waals surface area contributed by atoms with Crippen molar-refractivity contribution in [1.29, 1.82) is 0 Å². The van der Waals surface area contributed by atoms with Gasteiger partial charge >= 0.3 is 11.9 Å². The van der Waals surface area contributed by atoms with Crippen LogP contribution in [0.15, 0.2) is 17.8 Å². The van der Waals surface area contributed by atoms with Gasteiger partial charge < -0.3 is 14.6 Å². The van der Waals surface area contributed by atoms with Gasteiger partial charge in [-0.15, -0.1) is 0 Å². The van der Waals surface area contributed by atoms with Gasteiger partial charge in [-0.25, -0.2) is 4.98 Å². The zero-order chi connectivity index (χ0) is 24.1. The number of hydrogen-bond acceptors (Lipinski definition) is 6. The Labute approximate surface area is 206 Å². The van der Waals surface area contributed by atoms with E-state index in [-0.39, 0.29) is 30.3 Å². The lowest BCUT2D eigenvalue weighted by Gasteiger charge is -2.58. The van der Waals surface area contributed by atoms with E-state index in [9.17, 15) is 9.59 Å². The number of rotatable bonds is 6. The maximum Gasteiger partial charge on any atom is 0.306 e. The Morgan fingerprint density at radius 3 is 2.71 bits per heavy atom. The molecule has 0 aliphatic heterocycles. The fraction of sp³-hybridized carbons (Fsp3) is 0.741. The fourth-order valence-corrected chi connectivity index (χ4v) is 9.14. The summed E-state index contributed by atoms with van der Waals surface area (Å²) in [7, 11) is 1.72. The van der Waals surface area contributed by atoms with Crippen molar-refractivity contribution in [3.63, 3.8) is 0 Å². The number of carboxylic acids is 1. The van der Waals surface area contributed by atoms with Gasteiger partial charge in [-0.2, -0.15) is 0 Å². The molecule has 2 unspecified atom stereocenters. The molecule has 0 amide bonds. The largest absolute Gasteiger partial charge is 0.486 e. The van der Waals surface area contributed by atoms with Crippen molar-refractivity contribution in [2.24, 2.45) is 28.6 Å². The van der Waals surface area contributed by atoms with Crippen LogP contribution in [0.25, 0.3) is 0 Å². The number of hydrogen-bond donors (Lipinski definition) is 1. The van der Waals surface area contributed by atoms with Crippen molar-refractivity contribution >= 4 is 23.3 Å². The van der Waals surface area contributed by atoms with Gasteiger partial charge in [-0.1, -0.05) is 36.8 Å². The second kappa shape index (κ2) is 8.96. The predicted octanol–water partition coefficient (Wildman–Crippen LogP) is 5.97. The summed E-state index contributed by atoms with van der Waals surface area (Å²) in [6.07, 6.45) is 12.9. The molecule has 1 heterocycles. The highest BCUT2D eigenvalue weighted by Crippen LogP contribution is 2.68. The zero-order valence-electron chi connectivity index (χ0n) is 20.5. The first kappa shape index (κ1) is 23.8. The van der Waals surface area contributed by atoms with Crippen LogP contribution in [0.1, 0.15) is 89.0 Å². The first-order chi connectivity index (χ1) is 16.2. The first-order valence-corrected chi connectivity index (χ1v) is 13.7. The van der Waals surface area contributed by atoms with Crippen molar-refractivity contribution in [2.45, 2.75) is 90.1 Å². The quantitative estimate of drug-likeness (QED) is 0.393. The summed E-state index contributed by atoms with van der Waals surface area (Å²) in [4.78, 5) is 27.6. The van der Waals surface area contributed by atoms with Gasteiger partial charge in [0.15, 0.2) is 5.06 Å². The molecule has 1 aromatic heterocycles. The smallest absolute Gasteiger partial charge is 0.306 e. The Bertz CT molecular complexity index is 987. The molecular weight excluding hydrogens is 450 g/mol. The number of carboxylic acid groups (broad SMARTS) is 1. The van der Waals surface area contributed by atoms with E-state index < -0.39 is 5.97 Å². The van der Waals surface area contributed by atoms with Gasteiger partial charge in [0.2, 0.25) is 0 Å². The van der Waals surface area contributed by atoms with Gasteiger partial charge in [0, 0.05) is 12.3 Å². The van der Waals surface area contributed by atoms with E-state index in [1.807, 2.05) is 6.20 Å². The van der Waals surface area contributed by atoms with Crippen molar-refractivity contribution in [3.05, 3.63) is 22.9 Å². The highest BCUT2D eigenvalue weighted by molar-refractivity contribution is 7.13. The van der Waals surface area contributed by atoms with Crippen LogP contribution in [0.3, 0.4) is 0 Å². The minimum atomic E-state index is -0.957. The van der Waals surface area contributed by atoms with Crippen molar-refractivity contribution in [2.75, 3.05) is 7.11 Å². The van der Waals surface area contributed by atoms with Crippen LogP contribution in [0, 0.1) is 28.6 Å². The molecule has 4 aliphatic rings. The molecule has 3 fully saturated rings. The molecule has 0 saturated heterocycles. The Kier molecular flexibility index (Phi) is 6.28. The lowest BCUT2D eigenvalue weighted by atomic mass is 9.47. The average Bonchev–Trinajstić information content (AvgIpc) is 3.41. The molecule has 3 saturated carbocycles. The Balaban J connectivity index is 1.29. The normalized spacial score (nSPS) is 38.8. The molecule has 6 nitrogen and oxygen atoms in total. The minimum Gasteiger partial charge on any atom is -0.486 e. The molecule has 7 heteroatoms. The Morgan fingerprint density at radius 2 is 1.97 bits per heavy atom. The maximum absolute atomic E-state index is 12.1. The van der Waals surface area contributed by atoms with Crippen LogP contribution in [-0.4, -0.2) is 35.2 Å². The lowest BCUT2D eigenvalue weighted by Crippen LogP contribution is -2.50. The fourth-order valence-electron chi connectivity index (χ4n) is 8.12. The van der Waals surface area contributed by atoms with Crippen LogP contribution in [-0.2, 0) is 14.3 Å². The molecule has 186 valence electrons. The Morgan fingerprint density at radius 1 is 1.15 bits per heavy atom. The third kappa shape index (κ3) is 3.98. The highest BCUT2D eigenvalue weighted by Gasteiger charge is 2.59. The van der Waals surface area contributed by atoms with E-state index in [1.54, 1.807) is 18.4 Å². The molecule has 0 aromatic carbocycles. The number of carbonyl (C=O) groups excluding carboxylic acids is 1. The van der Waals surface area contributed by atoms with Crippen LogP contribution < -0.4 is 4.74 Å². The van der Waals surface area contributed by atoms with E-state index in [2.05, 4.69) is 19.9 Å². The second-order valence-corrected chi connectivity index (χ2v) is 12.4. The van der Waals surface area contributed by atoms with E-state index >= 15 is 0 Å². The van der Waals surface area contributed by atoms with Gasteiger partial charge in [-0.3, -0.25) is 9.59 Å². The number of thiazole rings is 1. The third-order valence-electron chi connectivity index (χ3n) is 9.90. The van der Waals surface area contributed by atoms with Gasteiger partial charge in [0.1, 0.15) is 6.10 Å². The van der Waals surface area contributed by atoms with E-state index in [0.29, 0.717) is 23.2 Å². The van der Waals surface area contributed by atoms with Crippen LogP contribution in [0.2, 0.25) is 0 Å². The molecule has 0 radical (unpaired) electrons. The average molecular weight is 488 g/mol. The molecule has 0 spiro atoms. The van der Waals surface area contributed by atoms with Gasteiger partial charge in [0.05, 0.1) is 31.2 Å². The second-order valence-electron chi connectivity index (χ2n) is 11.4. The molecule has 5 rings (SSSR count). The van der Waals surface area contributed by atoms with E-state index in [0.717, 1.165) is 36.7 Å². The number of fused-ring (bicyclic) bond motifs is 5. The SMILES string of the molecule is COc1cnc(C2CC[C@H]3[C@@H]4CC=C5CC(OC(=O)CCC(=O)O)CC[C@]5(C)[C@H]4CC[C@]23C)s1. The molecule has 4 aliphatic carbocycles. The highest BCUT2D eigenvalue weighted by atomic mass is 32.1. The number of ether oxygens (including phenoxy) is 2. The number of aliphatic carboxylic acids is 1. The number of esters is 1.